The Hall–Kier alpha value is -1.51. The van der Waals surface area contributed by atoms with Crippen molar-refractivity contribution in [3.63, 3.8) is 0 Å². The largest absolute Gasteiger partial charge is 0.382 e. The minimum Gasteiger partial charge on any atom is -0.382 e. The highest BCUT2D eigenvalue weighted by Gasteiger charge is 2.34. The van der Waals surface area contributed by atoms with Crippen LogP contribution in [-0.2, 0) is 0 Å². The first kappa shape index (κ1) is 12.9. The van der Waals surface area contributed by atoms with Crippen LogP contribution in [0.25, 0.3) is 0 Å². The second-order valence-electron chi connectivity index (χ2n) is 5.97. The van der Waals surface area contributed by atoms with Crippen molar-refractivity contribution in [3.8, 4) is 0 Å². The number of anilines is 1. The summed E-state index contributed by atoms with van der Waals surface area (Å²) in [5.74, 6) is -0.370. The van der Waals surface area contributed by atoms with Gasteiger partial charge >= 0.3 is 0 Å². The molecule has 2 rings (SSSR count). The van der Waals surface area contributed by atoms with Crippen LogP contribution in [0, 0.1) is 12.3 Å². The summed E-state index contributed by atoms with van der Waals surface area (Å²) in [6, 6.07) is 6.12. The van der Waals surface area contributed by atoms with Gasteiger partial charge < -0.3 is 11.1 Å². The maximum Gasteiger partial charge on any atom is 0.248 e. The lowest BCUT2D eigenvalue weighted by Crippen LogP contribution is -2.31. The second kappa shape index (κ2) is 4.63. The van der Waals surface area contributed by atoms with E-state index < -0.39 is 0 Å². The van der Waals surface area contributed by atoms with Gasteiger partial charge in [0.25, 0.3) is 0 Å². The van der Waals surface area contributed by atoms with E-state index >= 15 is 0 Å². The van der Waals surface area contributed by atoms with Crippen LogP contribution in [0.3, 0.4) is 0 Å². The Bertz CT molecular complexity index is 466. The topological polar surface area (TPSA) is 55.1 Å². The summed E-state index contributed by atoms with van der Waals surface area (Å²) < 4.78 is 0. The molecule has 0 saturated heterocycles. The smallest absolute Gasteiger partial charge is 0.248 e. The number of carbonyl (C=O) groups excluding carboxylic acids is 1. The summed E-state index contributed by atoms with van der Waals surface area (Å²) in [6.45, 7) is 6.63. The van der Waals surface area contributed by atoms with Gasteiger partial charge in [0, 0.05) is 17.3 Å². The van der Waals surface area contributed by atoms with E-state index in [9.17, 15) is 4.79 Å². The second-order valence-corrected chi connectivity index (χ2v) is 5.97. The predicted molar refractivity (Wildman–Crippen MR) is 74.7 cm³/mol. The molecule has 1 amide bonds. The first-order valence-electron chi connectivity index (χ1n) is 6.57. The predicted octanol–water partition coefficient (Wildman–Crippen LogP) is 3.08. The fourth-order valence-corrected chi connectivity index (χ4v) is 2.76. The molecule has 0 aliphatic heterocycles. The van der Waals surface area contributed by atoms with Crippen molar-refractivity contribution in [3.05, 3.63) is 29.3 Å². The molecule has 18 heavy (non-hydrogen) atoms. The van der Waals surface area contributed by atoms with Crippen molar-refractivity contribution < 1.29 is 4.79 Å². The fraction of sp³-hybridized carbons (Fsp3) is 0.533. The lowest BCUT2D eigenvalue weighted by molar-refractivity contribution is 0.1000. The van der Waals surface area contributed by atoms with E-state index in [-0.39, 0.29) is 5.91 Å². The van der Waals surface area contributed by atoms with Crippen LogP contribution in [0.2, 0.25) is 0 Å². The Morgan fingerprint density at radius 2 is 2.17 bits per heavy atom. The van der Waals surface area contributed by atoms with Crippen LogP contribution < -0.4 is 11.1 Å². The highest BCUT2D eigenvalue weighted by molar-refractivity contribution is 5.93. The Morgan fingerprint density at radius 1 is 1.44 bits per heavy atom. The molecule has 3 nitrogen and oxygen atoms in total. The maximum atomic E-state index is 11.1. The minimum absolute atomic E-state index is 0.342. The Balaban J connectivity index is 2.17. The molecule has 1 aromatic rings. The SMILES string of the molecule is Cc1cc(C(N)=O)ccc1NC1CCCC1(C)C. The van der Waals surface area contributed by atoms with Crippen LogP contribution in [0.15, 0.2) is 18.2 Å². The Morgan fingerprint density at radius 3 is 2.67 bits per heavy atom. The first-order valence-corrected chi connectivity index (χ1v) is 6.57. The third-order valence-electron chi connectivity index (χ3n) is 4.10. The molecule has 1 unspecified atom stereocenters. The van der Waals surface area contributed by atoms with Gasteiger partial charge in [0.2, 0.25) is 5.91 Å². The van der Waals surface area contributed by atoms with Gasteiger partial charge in [-0.3, -0.25) is 4.79 Å². The molecule has 1 atom stereocenters. The van der Waals surface area contributed by atoms with Crippen LogP contribution in [0.1, 0.15) is 49.0 Å². The first-order chi connectivity index (χ1) is 8.40. The summed E-state index contributed by atoms with van der Waals surface area (Å²) in [7, 11) is 0. The van der Waals surface area contributed by atoms with E-state index in [0.717, 1.165) is 11.3 Å². The molecule has 1 aliphatic carbocycles. The minimum atomic E-state index is -0.370. The lowest BCUT2D eigenvalue weighted by atomic mass is 9.87. The lowest BCUT2D eigenvalue weighted by Gasteiger charge is -2.29. The highest BCUT2D eigenvalue weighted by Crippen LogP contribution is 2.39. The number of aryl methyl sites for hydroxylation is 1. The molecule has 3 N–H and O–H groups in total. The molecule has 0 spiro atoms. The third-order valence-corrected chi connectivity index (χ3v) is 4.10. The van der Waals surface area contributed by atoms with Crippen molar-refractivity contribution in [2.45, 2.75) is 46.1 Å². The van der Waals surface area contributed by atoms with Crippen LogP contribution in [0.5, 0.6) is 0 Å². The molecule has 1 saturated carbocycles. The Labute approximate surface area is 109 Å². The molecular weight excluding hydrogens is 224 g/mol. The number of hydrogen-bond donors (Lipinski definition) is 2. The van der Waals surface area contributed by atoms with E-state index in [2.05, 4.69) is 19.2 Å². The number of primary amides is 1. The van der Waals surface area contributed by atoms with Gasteiger partial charge in [-0.05, 0) is 48.9 Å². The van der Waals surface area contributed by atoms with E-state index in [1.165, 1.54) is 19.3 Å². The number of rotatable bonds is 3. The summed E-state index contributed by atoms with van der Waals surface area (Å²) in [6.07, 6.45) is 3.76. The van der Waals surface area contributed by atoms with E-state index in [1.54, 1.807) is 6.07 Å². The molecule has 0 bridgehead atoms. The Kier molecular flexibility index (Phi) is 3.33. The highest BCUT2D eigenvalue weighted by atomic mass is 16.1. The summed E-state index contributed by atoms with van der Waals surface area (Å²) in [5, 5.41) is 3.61. The number of carbonyl (C=O) groups is 1. The van der Waals surface area contributed by atoms with Gasteiger partial charge in [0.15, 0.2) is 0 Å². The average molecular weight is 246 g/mol. The quantitative estimate of drug-likeness (QED) is 0.861. The zero-order valence-corrected chi connectivity index (χ0v) is 11.4. The van der Waals surface area contributed by atoms with Crippen LogP contribution in [-0.4, -0.2) is 11.9 Å². The van der Waals surface area contributed by atoms with Crippen molar-refractivity contribution in [1.29, 1.82) is 0 Å². The van der Waals surface area contributed by atoms with Crippen LogP contribution >= 0.6 is 0 Å². The normalized spacial score (nSPS) is 21.8. The van der Waals surface area contributed by atoms with Crippen molar-refractivity contribution in [1.82, 2.24) is 0 Å². The van der Waals surface area contributed by atoms with Gasteiger partial charge in [-0.25, -0.2) is 0 Å². The number of nitrogens with two attached hydrogens (primary N) is 1. The van der Waals surface area contributed by atoms with Gasteiger partial charge in [0.1, 0.15) is 0 Å². The molecule has 0 radical (unpaired) electrons. The number of hydrogen-bond acceptors (Lipinski definition) is 2. The zero-order chi connectivity index (χ0) is 13.3. The van der Waals surface area contributed by atoms with Gasteiger partial charge in [-0.15, -0.1) is 0 Å². The average Bonchev–Trinajstić information content (AvgIpc) is 2.61. The van der Waals surface area contributed by atoms with Crippen LogP contribution in [0.4, 0.5) is 5.69 Å². The summed E-state index contributed by atoms with van der Waals surface area (Å²) >= 11 is 0. The fourth-order valence-electron chi connectivity index (χ4n) is 2.76. The molecule has 1 fully saturated rings. The van der Waals surface area contributed by atoms with E-state index in [1.807, 2.05) is 19.1 Å². The third kappa shape index (κ3) is 2.50. The molecule has 0 heterocycles. The van der Waals surface area contributed by atoms with E-state index in [4.69, 9.17) is 5.73 Å². The number of amides is 1. The molecule has 0 aromatic heterocycles. The molecule has 3 heteroatoms. The van der Waals surface area contributed by atoms with Gasteiger partial charge in [-0.2, -0.15) is 0 Å². The molecule has 98 valence electrons. The maximum absolute atomic E-state index is 11.1. The zero-order valence-electron chi connectivity index (χ0n) is 11.4. The van der Waals surface area contributed by atoms with Crippen molar-refractivity contribution in [2.24, 2.45) is 11.1 Å². The van der Waals surface area contributed by atoms with Gasteiger partial charge in [0.05, 0.1) is 0 Å². The standard InChI is InChI=1S/C15H22N2O/c1-10-9-11(14(16)18)6-7-12(10)17-13-5-4-8-15(13,2)3/h6-7,9,13,17H,4-5,8H2,1-3H3,(H2,16,18). The van der Waals surface area contributed by atoms with Gasteiger partial charge in [-0.1, -0.05) is 20.3 Å². The molecule has 1 aromatic carbocycles. The van der Waals surface area contributed by atoms with Crippen molar-refractivity contribution >= 4 is 11.6 Å². The summed E-state index contributed by atoms with van der Waals surface area (Å²) in [4.78, 5) is 11.1. The number of nitrogens with one attached hydrogen (secondary N) is 1. The summed E-state index contributed by atoms with van der Waals surface area (Å²) in [5.41, 5.74) is 8.38. The molecule has 1 aliphatic rings. The van der Waals surface area contributed by atoms with E-state index in [0.29, 0.717) is 17.0 Å². The monoisotopic (exact) mass is 246 g/mol. The molecular formula is C15H22N2O. The number of benzene rings is 1. The van der Waals surface area contributed by atoms with Crippen molar-refractivity contribution in [2.75, 3.05) is 5.32 Å².